The Balaban J connectivity index is 2.06. The molecular formula is C15H19NO3S. The van der Waals surface area contributed by atoms with Crippen molar-refractivity contribution in [2.24, 2.45) is 0 Å². The molecule has 4 nitrogen and oxygen atoms in total. The van der Waals surface area contributed by atoms with Gasteiger partial charge in [-0.3, -0.25) is 4.79 Å². The Hall–Kier alpha value is -1.62. The van der Waals surface area contributed by atoms with Crippen LogP contribution in [0.25, 0.3) is 6.08 Å². The van der Waals surface area contributed by atoms with E-state index in [0.717, 1.165) is 17.7 Å². The molecule has 0 aromatic carbocycles. The minimum Gasteiger partial charge on any atom is -0.467 e. The van der Waals surface area contributed by atoms with Crippen LogP contribution < -0.4 is 0 Å². The number of methoxy groups -OCH3 is 1. The molecule has 1 saturated heterocycles. The maximum atomic E-state index is 12.2. The molecule has 108 valence electrons. The zero-order chi connectivity index (χ0) is 14.5. The molecule has 0 aliphatic carbocycles. The van der Waals surface area contributed by atoms with Gasteiger partial charge in [-0.15, -0.1) is 11.3 Å². The van der Waals surface area contributed by atoms with E-state index in [9.17, 15) is 9.59 Å². The first-order chi connectivity index (χ1) is 9.61. The second kappa shape index (κ2) is 6.70. The van der Waals surface area contributed by atoms with Gasteiger partial charge in [-0.05, 0) is 44.4 Å². The maximum Gasteiger partial charge on any atom is 0.328 e. The van der Waals surface area contributed by atoms with Crippen molar-refractivity contribution in [3.05, 3.63) is 28.0 Å². The molecule has 1 aromatic rings. The summed E-state index contributed by atoms with van der Waals surface area (Å²) in [5, 5.41) is 0. The zero-order valence-electron chi connectivity index (χ0n) is 11.8. The Morgan fingerprint density at radius 3 is 2.85 bits per heavy atom. The number of likely N-dealkylation sites (tertiary alicyclic amines) is 1. The van der Waals surface area contributed by atoms with Crippen LogP contribution in [0.4, 0.5) is 0 Å². The van der Waals surface area contributed by atoms with E-state index in [1.807, 2.05) is 25.1 Å². The smallest absolute Gasteiger partial charge is 0.328 e. The van der Waals surface area contributed by atoms with Crippen molar-refractivity contribution in [1.82, 2.24) is 4.90 Å². The van der Waals surface area contributed by atoms with E-state index in [2.05, 4.69) is 0 Å². The molecule has 1 atom stereocenters. The van der Waals surface area contributed by atoms with Crippen LogP contribution >= 0.6 is 11.3 Å². The van der Waals surface area contributed by atoms with Gasteiger partial charge in [0.15, 0.2) is 0 Å². The van der Waals surface area contributed by atoms with Crippen LogP contribution in [0.3, 0.4) is 0 Å². The minimum absolute atomic E-state index is 0.119. The Labute approximate surface area is 123 Å². The van der Waals surface area contributed by atoms with E-state index in [1.54, 1.807) is 22.3 Å². The Bertz CT molecular complexity index is 521. The predicted molar refractivity (Wildman–Crippen MR) is 79.5 cm³/mol. The van der Waals surface area contributed by atoms with Crippen molar-refractivity contribution >= 4 is 29.3 Å². The van der Waals surface area contributed by atoms with Crippen LogP contribution in [0.1, 0.15) is 29.0 Å². The molecule has 5 heteroatoms. The first kappa shape index (κ1) is 14.8. The van der Waals surface area contributed by atoms with Crippen LogP contribution in [0.2, 0.25) is 0 Å². The third-order valence-electron chi connectivity index (χ3n) is 3.41. The Morgan fingerprint density at radius 2 is 2.20 bits per heavy atom. The van der Waals surface area contributed by atoms with Gasteiger partial charge >= 0.3 is 5.97 Å². The third kappa shape index (κ3) is 3.48. The fourth-order valence-electron chi connectivity index (χ4n) is 2.37. The first-order valence-electron chi connectivity index (χ1n) is 6.75. The number of esters is 1. The normalized spacial score (nSPS) is 19.3. The number of thiophene rings is 1. The van der Waals surface area contributed by atoms with Crippen molar-refractivity contribution < 1.29 is 14.3 Å². The molecule has 0 radical (unpaired) electrons. The molecule has 1 amide bonds. The number of aryl methyl sites for hydroxylation is 1. The van der Waals surface area contributed by atoms with Gasteiger partial charge in [0.25, 0.3) is 0 Å². The second-order valence-electron chi connectivity index (χ2n) is 4.85. The molecule has 1 aliphatic heterocycles. The van der Waals surface area contributed by atoms with Crippen molar-refractivity contribution in [3.8, 4) is 0 Å². The molecular weight excluding hydrogens is 274 g/mol. The number of carbonyl (C=O) groups excluding carboxylic acids is 2. The molecule has 1 aromatic heterocycles. The molecule has 0 bridgehead atoms. The third-order valence-corrected chi connectivity index (χ3v) is 4.38. The standard InChI is InChI=1S/C15H19NO3S/c1-11-6-7-12(20-11)8-9-14(17)16-10-4-3-5-13(16)15(18)19-2/h6-9,13H,3-5,10H2,1-2H3/b9-8+/t13-/m0/s1. The highest BCUT2D eigenvalue weighted by atomic mass is 32.1. The van der Waals surface area contributed by atoms with Crippen molar-refractivity contribution in [2.45, 2.75) is 32.2 Å². The quantitative estimate of drug-likeness (QED) is 0.636. The van der Waals surface area contributed by atoms with Gasteiger partial charge < -0.3 is 9.64 Å². The van der Waals surface area contributed by atoms with Gasteiger partial charge in [-0.25, -0.2) is 4.79 Å². The summed E-state index contributed by atoms with van der Waals surface area (Å²) in [7, 11) is 1.36. The monoisotopic (exact) mass is 293 g/mol. The first-order valence-corrected chi connectivity index (χ1v) is 7.56. The summed E-state index contributed by atoms with van der Waals surface area (Å²) >= 11 is 1.64. The van der Waals surface area contributed by atoms with Gasteiger partial charge in [0, 0.05) is 22.4 Å². The van der Waals surface area contributed by atoms with Gasteiger partial charge in [0.05, 0.1) is 7.11 Å². The largest absolute Gasteiger partial charge is 0.467 e. The average molecular weight is 293 g/mol. The molecule has 1 fully saturated rings. The number of hydrogen-bond donors (Lipinski definition) is 0. The van der Waals surface area contributed by atoms with Crippen LogP contribution in [0.15, 0.2) is 18.2 Å². The van der Waals surface area contributed by atoms with Crippen LogP contribution in [0, 0.1) is 6.92 Å². The van der Waals surface area contributed by atoms with E-state index >= 15 is 0 Å². The number of hydrogen-bond acceptors (Lipinski definition) is 4. The van der Waals surface area contributed by atoms with E-state index in [4.69, 9.17) is 4.74 Å². The highest BCUT2D eigenvalue weighted by molar-refractivity contribution is 7.12. The predicted octanol–water partition coefficient (Wildman–Crippen LogP) is 2.62. The van der Waals surface area contributed by atoms with E-state index in [1.165, 1.54) is 12.0 Å². The summed E-state index contributed by atoms with van der Waals surface area (Å²) in [6.45, 7) is 2.65. The number of ether oxygens (including phenoxy) is 1. The highest BCUT2D eigenvalue weighted by Crippen LogP contribution is 2.20. The summed E-state index contributed by atoms with van der Waals surface area (Å²) < 4.78 is 4.78. The van der Waals surface area contributed by atoms with E-state index in [-0.39, 0.29) is 11.9 Å². The molecule has 0 saturated carbocycles. The molecule has 20 heavy (non-hydrogen) atoms. The number of carbonyl (C=O) groups is 2. The average Bonchev–Trinajstić information content (AvgIpc) is 2.89. The highest BCUT2D eigenvalue weighted by Gasteiger charge is 2.31. The summed E-state index contributed by atoms with van der Waals surface area (Å²) in [5.41, 5.74) is 0. The minimum atomic E-state index is -0.434. The van der Waals surface area contributed by atoms with Crippen LogP contribution in [-0.4, -0.2) is 36.5 Å². The lowest BCUT2D eigenvalue weighted by Crippen LogP contribution is -2.47. The number of amides is 1. The van der Waals surface area contributed by atoms with Crippen molar-refractivity contribution in [1.29, 1.82) is 0 Å². The fourth-order valence-corrected chi connectivity index (χ4v) is 3.15. The van der Waals surface area contributed by atoms with Gasteiger partial charge in [-0.1, -0.05) is 0 Å². The zero-order valence-corrected chi connectivity index (χ0v) is 12.6. The Morgan fingerprint density at radius 1 is 1.40 bits per heavy atom. The maximum absolute atomic E-state index is 12.2. The van der Waals surface area contributed by atoms with Gasteiger partial charge in [0.2, 0.25) is 5.91 Å². The summed E-state index contributed by atoms with van der Waals surface area (Å²) in [5.74, 6) is -0.440. The molecule has 0 unspecified atom stereocenters. The Kier molecular flexibility index (Phi) is 4.95. The second-order valence-corrected chi connectivity index (χ2v) is 6.17. The van der Waals surface area contributed by atoms with Gasteiger partial charge in [-0.2, -0.15) is 0 Å². The van der Waals surface area contributed by atoms with Crippen LogP contribution in [0.5, 0.6) is 0 Å². The number of rotatable bonds is 3. The summed E-state index contributed by atoms with van der Waals surface area (Å²) in [6.07, 6.45) is 5.93. The summed E-state index contributed by atoms with van der Waals surface area (Å²) in [4.78, 5) is 27.8. The number of nitrogens with zero attached hydrogens (tertiary/aromatic N) is 1. The topological polar surface area (TPSA) is 46.6 Å². The summed E-state index contributed by atoms with van der Waals surface area (Å²) in [6, 6.07) is 3.57. The van der Waals surface area contributed by atoms with E-state index < -0.39 is 6.04 Å². The SMILES string of the molecule is COC(=O)[C@@H]1CCCCN1C(=O)/C=C/c1ccc(C)s1. The lowest BCUT2D eigenvalue weighted by atomic mass is 10.0. The van der Waals surface area contributed by atoms with E-state index in [0.29, 0.717) is 13.0 Å². The van der Waals surface area contributed by atoms with Gasteiger partial charge in [0.1, 0.15) is 6.04 Å². The number of piperidine rings is 1. The molecule has 2 heterocycles. The lowest BCUT2D eigenvalue weighted by molar-refractivity contribution is -0.153. The molecule has 0 spiro atoms. The molecule has 0 N–H and O–H groups in total. The fraction of sp³-hybridized carbons (Fsp3) is 0.467. The lowest BCUT2D eigenvalue weighted by Gasteiger charge is -2.32. The molecule has 1 aliphatic rings. The molecule has 2 rings (SSSR count). The van der Waals surface area contributed by atoms with Crippen molar-refractivity contribution in [2.75, 3.05) is 13.7 Å². The van der Waals surface area contributed by atoms with Crippen LogP contribution in [-0.2, 0) is 14.3 Å². The van der Waals surface area contributed by atoms with Crippen molar-refractivity contribution in [3.63, 3.8) is 0 Å².